The lowest BCUT2D eigenvalue weighted by atomic mass is 10.3. The van der Waals surface area contributed by atoms with Gasteiger partial charge in [0.1, 0.15) is 0 Å². The lowest BCUT2D eigenvalue weighted by molar-refractivity contribution is 0.693. The highest BCUT2D eigenvalue weighted by molar-refractivity contribution is 5.04. The van der Waals surface area contributed by atoms with Crippen molar-refractivity contribution in [3.63, 3.8) is 0 Å². The van der Waals surface area contributed by atoms with E-state index in [4.69, 9.17) is 0 Å². The van der Waals surface area contributed by atoms with Crippen LogP contribution in [0.1, 0.15) is 12.1 Å². The molecule has 1 aromatic heterocycles. The van der Waals surface area contributed by atoms with Gasteiger partial charge in [0.15, 0.2) is 0 Å². The Morgan fingerprint density at radius 1 is 1.45 bits per heavy atom. The third kappa shape index (κ3) is 0.906. The molecule has 1 aliphatic rings. The van der Waals surface area contributed by atoms with Crippen molar-refractivity contribution in [2.24, 2.45) is 0 Å². The van der Waals surface area contributed by atoms with E-state index in [9.17, 15) is 9.59 Å². The van der Waals surface area contributed by atoms with Crippen LogP contribution in [0.3, 0.4) is 0 Å². The summed E-state index contributed by atoms with van der Waals surface area (Å²) in [6.45, 7) is 0.741. The molecule has 1 aromatic rings. The molecule has 0 amide bonds. The van der Waals surface area contributed by atoms with Crippen LogP contribution in [-0.4, -0.2) is 9.55 Å². The van der Waals surface area contributed by atoms with Crippen molar-refractivity contribution in [3.05, 3.63) is 32.6 Å². The first kappa shape index (κ1) is 6.39. The highest BCUT2D eigenvalue weighted by Gasteiger charge is 2.11. The van der Waals surface area contributed by atoms with Crippen molar-refractivity contribution in [2.45, 2.75) is 19.4 Å². The number of aromatic nitrogens is 2. The minimum absolute atomic E-state index is 0.273. The molecule has 0 fully saturated rings. The summed E-state index contributed by atoms with van der Waals surface area (Å²) >= 11 is 0. The number of rotatable bonds is 0. The molecule has 0 saturated heterocycles. The molecule has 4 nitrogen and oxygen atoms in total. The molecule has 1 N–H and O–H groups in total. The monoisotopic (exact) mass is 152 g/mol. The number of hydrogen-bond acceptors (Lipinski definition) is 2. The van der Waals surface area contributed by atoms with Gasteiger partial charge in [0.25, 0.3) is 5.56 Å². The number of aryl methyl sites for hydroxylation is 1. The predicted octanol–water partition coefficient (Wildman–Crippen LogP) is -0.517. The zero-order valence-electron chi connectivity index (χ0n) is 5.96. The van der Waals surface area contributed by atoms with Gasteiger partial charge < -0.3 is 0 Å². The van der Waals surface area contributed by atoms with E-state index in [2.05, 4.69) is 4.98 Å². The van der Waals surface area contributed by atoms with Gasteiger partial charge in [0.05, 0.1) is 0 Å². The van der Waals surface area contributed by atoms with Crippen LogP contribution in [0.4, 0.5) is 0 Å². The Morgan fingerprint density at radius 2 is 2.27 bits per heavy atom. The molecule has 0 bridgehead atoms. The Morgan fingerprint density at radius 3 is 3.09 bits per heavy atom. The molecular weight excluding hydrogens is 144 g/mol. The Kier molecular flexibility index (Phi) is 1.21. The Balaban J connectivity index is 2.80. The lowest BCUT2D eigenvalue weighted by Gasteiger charge is -1.97. The highest BCUT2D eigenvalue weighted by atomic mass is 16.2. The molecule has 0 radical (unpaired) electrons. The van der Waals surface area contributed by atoms with Crippen LogP contribution in [0.25, 0.3) is 0 Å². The fourth-order valence-electron chi connectivity index (χ4n) is 1.44. The molecule has 11 heavy (non-hydrogen) atoms. The number of fused-ring (bicyclic) bond motifs is 1. The predicted molar refractivity (Wildman–Crippen MR) is 39.6 cm³/mol. The van der Waals surface area contributed by atoms with Gasteiger partial charge in [0.2, 0.25) is 0 Å². The van der Waals surface area contributed by atoms with E-state index in [0.717, 1.165) is 25.1 Å². The van der Waals surface area contributed by atoms with Crippen molar-refractivity contribution in [3.8, 4) is 0 Å². The summed E-state index contributed by atoms with van der Waals surface area (Å²) < 4.78 is 1.61. The Labute approximate surface area is 62.5 Å². The zero-order valence-corrected chi connectivity index (χ0v) is 5.96. The van der Waals surface area contributed by atoms with Gasteiger partial charge in [-0.1, -0.05) is 0 Å². The van der Waals surface area contributed by atoms with E-state index in [1.165, 1.54) is 6.07 Å². The average Bonchev–Trinajstić information content (AvgIpc) is 2.34. The van der Waals surface area contributed by atoms with Crippen LogP contribution < -0.4 is 11.2 Å². The molecule has 4 heteroatoms. The van der Waals surface area contributed by atoms with E-state index in [-0.39, 0.29) is 11.2 Å². The normalized spacial score (nSPS) is 14.9. The molecule has 0 saturated carbocycles. The maximum atomic E-state index is 11.0. The van der Waals surface area contributed by atoms with E-state index >= 15 is 0 Å². The maximum Gasteiger partial charge on any atom is 0.328 e. The second-order valence-electron chi connectivity index (χ2n) is 2.69. The third-order valence-corrected chi connectivity index (χ3v) is 1.93. The summed E-state index contributed by atoms with van der Waals surface area (Å²) in [4.78, 5) is 24.0. The van der Waals surface area contributed by atoms with Crippen molar-refractivity contribution < 1.29 is 0 Å². The SMILES string of the molecule is O=c1cc2n(c(=O)[nH]1)CCC2. The smallest absolute Gasteiger partial charge is 0.298 e. The van der Waals surface area contributed by atoms with E-state index < -0.39 is 0 Å². The highest BCUT2D eigenvalue weighted by Crippen LogP contribution is 2.07. The molecule has 0 aliphatic carbocycles. The van der Waals surface area contributed by atoms with Gasteiger partial charge >= 0.3 is 5.69 Å². The Hall–Kier alpha value is -1.32. The second kappa shape index (κ2) is 2.08. The van der Waals surface area contributed by atoms with Crippen molar-refractivity contribution in [1.82, 2.24) is 9.55 Å². The van der Waals surface area contributed by atoms with Crippen LogP contribution in [0, 0.1) is 0 Å². The summed E-state index contributed by atoms with van der Waals surface area (Å²) in [5, 5.41) is 0. The summed E-state index contributed by atoms with van der Waals surface area (Å²) in [6, 6.07) is 1.49. The first-order chi connectivity index (χ1) is 5.27. The summed E-state index contributed by atoms with van der Waals surface area (Å²) in [5.74, 6) is 0. The largest absolute Gasteiger partial charge is 0.328 e. The second-order valence-corrected chi connectivity index (χ2v) is 2.69. The van der Waals surface area contributed by atoms with Crippen LogP contribution in [-0.2, 0) is 13.0 Å². The average molecular weight is 152 g/mol. The van der Waals surface area contributed by atoms with Gasteiger partial charge in [-0.25, -0.2) is 4.79 Å². The minimum atomic E-state index is -0.289. The molecule has 2 heterocycles. The third-order valence-electron chi connectivity index (χ3n) is 1.93. The standard InChI is InChI=1S/C7H8N2O2/c10-6-4-5-2-1-3-9(5)7(11)8-6/h4H,1-3H2,(H,8,10,11). The molecule has 0 spiro atoms. The van der Waals surface area contributed by atoms with Crippen molar-refractivity contribution in [2.75, 3.05) is 0 Å². The van der Waals surface area contributed by atoms with Gasteiger partial charge in [-0.2, -0.15) is 0 Å². The van der Waals surface area contributed by atoms with E-state index in [0.29, 0.717) is 0 Å². The molecule has 0 unspecified atom stereocenters. The fraction of sp³-hybridized carbons (Fsp3) is 0.429. The van der Waals surface area contributed by atoms with E-state index in [1.807, 2.05) is 0 Å². The summed E-state index contributed by atoms with van der Waals surface area (Å²) in [6.07, 6.45) is 1.81. The zero-order chi connectivity index (χ0) is 7.84. The molecule has 1 aliphatic heterocycles. The topological polar surface area (TPSA) is 54.9 Å². The van der Waals surface area contributed by atoms with Gasteiger partial charge in [-0.05, 0) is 12.8 Å². The summed E-state index contributed by atoms with van der Waals surface area (Å²) in [7, 11) is 0. The van der Waals surface area contributed by atoms with Crippen LogP contribution in [0.15, 0.2) is 15.7 Å². The fourth-order valence-corrected chi connectivity index (χ4v) is 1.44. The molecule has 58 valence electrons. The molecular formula is C7H8N2O2. The van der Waals surface area contributed by atoms with Gasteiger partial charge in [-0.15, -0.1) is 0 Å². The lowest BCUT2D eigenvalue weighted by Crippen LogP contribution is -2.29. The van der Waals surface area contributed by atoms with Crippen LogP contribution in [0.2, 0.25) is 0 Å². The van der Waals surface area contributed by atoms with Crippen LogP contribution in [0.5, 0.6) is 0 Å². The number of aromatic amines is 1. The van der Waals surface area contributed by atoms with Crippen molar-refractivity contribution in [1.29, 1.82) is 0 Å². The minimum Gasteiger partial charge on any atom is -0.298 e. The quantitative estimate of drug-likeness (QED) is 0.544. The van der Waals surface area contributed by atoms with Gasteiger partial charge in [-0.3, -0.25) is 14.3 Å². The van der Waals surface area contributed by atoms with Crippen LogP contribution >= 0.6 is 0 Å². The first-order valence-electron chi connectivity index (χ1n) is 3.60. The number of hydrogen-bond donors (Lipinski definition) is 1. The first-order valence-corrected chi connectivity index (χ1v) is 3.60. The number of nitrogens with one attached hydrogen (secondary N) is 1. The molecule has 0 atom stereocenters. The van der Waals surface area contributed by atoms with Gasteiger partial charge in [0, 0.05) is 18.3 Å². The Bertz CT molecular complexity index is 388. The molecule has 0 aromatic carbocycles. The van der Waals surface area contributed by atoms with Crippen molar-refractivity contribution >= 4 is 0 Å². The maximum absolute atomic E-state index is 11.0. The number of H-pyrrole nitrogens is 1. The summed E-state index contributed by atoms with van der Waals surface area (Å²) in [5.41, 5.74) is 0.298. The number of nitrogens with zero attached hydrogens (tertiary/aromatic N) is 1. The molecule has 2 rings (SSSR count). The van der Waals surface area contributed by atoms with E-state index in [1.54, 1.807) is 4.57 Å².